The van der Waals surface area contributed by atoms with Crippen LogP contribution in [0.5, 0.6) is 0 Å². The van der Waals surface area contributed by atoms with Crippen LogP contribution >= 0.6 is 11.6 Å². The summed E-state index contributed by atoms with van der Waals surface area (Å²) in [6.07, 6.45) is 4.66. The highest BCUT2D eigenvalue weighted by atomic mass is 35.5. The second-order valence-electron chi connectivity index (χ2n) is 12.2. The van der Waals surface area contributed by atoms with Crippen LogP contribution in [0.15, 0.2) is 24.3 Å². The zero-order valence-electron chi connectivity index (χ0n) is 24.1. The lowest BCUT2D eigenvalue weighted by atomic mass is 9.76. The van der Waals surface area contributed by atoms with E-state index in [1.54, 1.807) is 6.07 Å². The number of rotatable bonds is 11. The van der Waals surface area contributed by atoms with Gasteiger partial charge in [-0.3, -0.25) is 9.59 Å². The van der Waals surface area contributed by atoms with E-state index in [0.717, 1.165) is 24.8 Å². The maximum Gasteiger partial charge on any atom is 0.408 e. The Morgan fingerprint density at radius 3 is 2.46 bits per heavy atom. The van der Waals surface area contributed by atoms with Gasteiger partial charge in [-0.05, 0) is 75.0 Å². The summed E-state index contributed by atoms with van der Waals surface area (Å²) in [5.41, 5.74) is -0.0162. The van der Waals surface area contributed by atoms with Gasteiger partial charge < -0.3 is 30.2 Å². The summed E-state index contributed by atoms with van der Waals surface area (Å²) in [6.45, 7) is 5.02. The number of hydrogen-bond acceptors (Lipinski definition) is 7. The van der Waals surface area contributed by atoms with E-state index in [-0.39, 0.29) is 23.8 Å². The van der Waals surface area contributed by atoms with E-state index >= 15 is 0 Å². The van der Waals surface area contributed by atoms with Gasteiger partial charge in [0.05, 0.1) is 7.11 Å². The quantitative estimate of drug-likeness (QED) is 0.334. The third kappa shape index (κ3) is 8.13. The molecule has 0 radical (unpaired) electrons. The van der Waals surface area contributed by atoms with Gasteiger partial charge in [0.25, 0.3) is 0 Å². The van der Waals surface area contributed by atoms with E-state index in [1.807, 2.05) is 32.0 Å². The minimum Gasteiger partial charge on any atom is -0.467 e. The lowest BCUT2D eigenvalue weighted by Crippen LogP contribution is -2.54. The van der Waals surface area contributed by atoms with Crippen molar-refractivity contribution in [1.82, 2.24) is 16.0 Å². The fourth-order valence-corrected chi connectivity index (χ4v) is 6.36. The lowest BCUT2D eigenvalue weighted by molar-refractivity contribution is -0.146. The third-order valence-corrected chi connectivity index (χ3v) is 8.71. The number of alkyl carbamates (subject to hydrolysis) is 1. The molecule has 2 aliphatic heterocycles. The number of hydrogen-bond donors (Lipinski definition) is 3. The van der Waals surface area contributed by atoms with Crippen LogP contribution in [0.4, 0.5) is 4.79 Å². The molecule has 1 spiro atoms. The zero-order chi connectivity index (χ0) is 29.6. The third-order valence-electron chi connectivity index (χ3n) is 8.47. The van der Waals surface area contributed by atoms with Crippen molar-refractivity contribution in [1.29, 1.82) is 0 Å². The zero-order valence-corrected chi connectivity index (χ0v) is 24.9. The predicted molar refractivity (Wildman–Crippen MR) is 152 cm³/mol. The Kier molecular flexibility index (Phi) is 10.2. The molecule has 0 aromatic heterocycles. The Bertz CT molecular complexity index is 1120. The van der Waals surface area contributed by atoms with Crippen LogP contribution in [-0.4, -0.2) is 67.4 Å². The number of carbonyl (C=O) groups excluding carboxylic acids is 4. The van der Waals surface area contributed by atoms with Crippen molar-refractivity contribution in [2.24, 2.45) is 11.8 Å². The van der Waals surface area contributed by atoms with E-state index in [0.29, 0.717) is 50.3 Å². The van der Waals surface area contributed by atoms with Crippen molar-refractivity contribution in [3.8, 4) is 0 Å². The topological polar surface area (TPSA) is 132 Å². The molecular weight excluding hydrogens is 550 g/mol. The molecule has 11 heteroatoms. The number of nitrogens with one attached hydrogen (secondary N) is 3. The molecule has 3 aliphatic rings. The van der Waals surface area contributed by atoms with E-state index in [4.69, 9.17) is 25.8 Å². The van der Waals surface area contributed by atoms with Crippen LogP contribution in [0.1, 0.15) is 70.8 Å². The smallest absolute Gasteiger partial charge is 0.408 e. The highest BCUT2D eigenvalue weighted by molar-refractivity contribution is 6.30. The molecule has 3 unspecified atom stereocenters. The molecule has 10 nitrogen and oxygen atoms in total. The molecule has 1 aromatic rings. The predicted octanol–water partition coefficient (Wildman–Crippen LogP) is 3.68. The number of carbonyl (C=O) groups is 4. The molecule has 3 N–H and O–H groups in total. The number of halogens is 1. The Hall–Kier alpha value is -2.85. The summed E-state index contributed by atoms with van der Waals surface area (Å²) in [5.74, 6) is -1.69. The van der Waals surface area contributed by atoms with Crippen molar-refractivity contribution in [2.75, 3.05) is 20.3 Å². The van der Waals surface area contributed by atoms with E-state index in [2.05, 4.69) is 16.0 Å². The highest BCUT2D eigenvalue weighted by Crippen LogP contribution is 2.39. The first-order chi connectivity index (χ1) is 19.5. The molecule has 1 aromatic carbocycles. The van der Waals surface area contributed by atoms with Gasteiger partial charge in [-0.1, -0.05) is 37.6 Å². The van der Waals surface area contributed by atoms with Gasteiger partial charge in [0.2, 0.25) is 11.8 Å². The second-order valence-corrected chi connectivity index (χ2v) is 12.6. The van der Waals surface area contributed by atoms with E-state index in [1.165, 1.54) is 7.11 Å². The van der Waals surface area contributed by atoms with Crippen molar-refractivity contribution < 1.29 is 33.4 Å². The standard InChI is InChI=1S/C30H42ClN3O7/c1-19(2)14-23(33-28(38)41-30(8-5-9-30)17-20-6-4-7-22(31)15-20)26(36)32-24(27(37)39-3)16-21-18-29(34-25(21)35)10-12-40-13-11-29/h4,6-7,15,19,21,23-24H,5,8-14,16-18H2,1-3H3,(H,32,36)(H,33,38)(H,34,35). The molecule has 3 amide bonds. The Morgan fingerprint density at radius 2 is 1.85 bits per heavy atom. The Balaban J connectivity index is 1.39. The number of benzene rings is 1. The first kappa shape index (κ1) is 31.1. The Morgan fingerprint density at radius 1 is 1.12 bits per heavy atom. The largest absolute Gasteiger partial charge is 0.467 e. The maximum atomic E-state index is 13.5. The van der Waals surface area contributed by atoms with Gasteiger partial charge in [-0.15, -0.1) is 0 Å². The molecule has 3 atom stereocenters. The molecule has 226 valence electrons. The van der Waals surface area contributed by atoms with Crippen LogP contribution in [0.25, 0.3) is 0 Å². The number of amides is 3. The van der Waals surface area contributed by atoms with Crippen molar-refractivity contribution in [3.05, 3.63) is 34.9 Å². The minimum absolute atomic E-state index is 0.0701. The molecule has 41 heavy (non-hydrogen) atoms. The minimum atomic E-state index is -1.04. The maximum absolute atomic E-state index is 13.5. The van der Waals surface area contributed by atoms with Gasteiger partial charge in [0.15, 0.2) is 0 Å². The normalized spacial score (nSPS) is 22.3. The highest BCUT2D eigenvalue weighted by Gasteiger charge is 2.46. The van der Waals surface area contributed by atoms with Crippen molar-refractivity contribution in [2.45, 2.75) is 94.9 Å². The van der Waals surface area contributed by atoms with Gasteiger partial charge >= 0.3 is 12.1 Å². The summed E-state index contributed by atoms with van der Waals surface area (Å²) in [4.78, 5) is 52.1. The Labute approximate surface area is 246 Å². The van der Waals surface area contributed by atoms with Crippen molar-refractivity contribution in [3.63, 3.8) is 0 Å². The lowest BCUT2D eigenvalue weighted by Gasteiger charge is -2.41. The van der Waals surface area contributed by atoms with Crippen LogP contribution in [0.3, 0.4) is 0 Å². The fraction of sp³-hybridized carbons (Fsp3) is 0.667. The average Bonchev–Trinajstić information content (AvgIpc) is 3.19. The number of esters is 1. The van der Waals surface area contributed by atoms with Gasteiger partial charge in [-0.25, -0.2) is 9.59 Å². The number of methoxy groups -OCH3 is 1. The monoisotopic (exact) mass is 591 g/mol. The van der Waals surface area contributed by atoms with E-state index < -0.39 is 41.6 Å². The van der Waals surface area contributed by atoms with Crippen molar-refractivity contribution >= 4 is 35.5 Å². The molecular formula is C30H42ClN3O7. The molecule has 4 rings (SSSR count). The second kappa shape index (κ2) is 13.4. The first-order valence-electron chi connectivity index (χ1n) is 14.5. The fourth-order valence-electron chi connectivity index (χ4n) is 6.15. The SMILES string of the molecule is COC(=O)C(CC1CC2(CCOCC2)NC1=O)NC(=O)C(CC(C)C)NC(=O)OC1(Cc2cccc(Cl)c2)CCC1. The molecule has 1 aliphatic carbocycles. The van der Waals surface area contributed by atoms with Gasteiger partial charge in [0, 0.05) is 36.1 Å². The molecule has 0 bridgehead atoms. The molecule has 3 fully saturated rings. The first-order valence-corrected chi connectivity index (χ1v) is 14.9. The molecule has 1 saturated carbocycles. The summed E-state index contributed by atoms with van der Waals surface area (Å²) in [5, 5.41) is 9.20. The summed E-state index contributed by atoms with van der Waals surface area (Å²) < 4.78 is 16.3. The average molecular weight is 592 g/mol. The van der Waals surface area contributed by atoms with Gasteiger partial charge in [-0.2, -0.15) is 0 Å². The molecule has 2 heterocycles. The van der Waals surface area contributed by atoms with Crippen LogP contribution in [0.2, 0.25) is 5.02 Å². The summed E-state index contributed by atoms with van der Waals surface area (Å²) in [7, 11) is 1.25. The van der Waals surface area contributed by atoms with Gasteiger partial charge in [0.1, 0.15) is 17.7 Å². The summed E-state index contributed by atoms with van der Waals surface area (Å²) in [6, 6.07) is 5.50. The van der Waals surface area contributed by atoms with Crippen LogP contribution < -0.4 is 16.0 Å². The van der Waals surface area contributed by atoms with E-state index in [9.17, 15) is 19.2 Å². The van der Waals surface area contributed by atoms with Crippen LogP contribution in [0, 0.1) is 11.8 Å². The number of ether oxygens (including phenoxy) is 3. The molecule has 2 saturated heterocycles. The van der Waals surface area contributed by atoms with Crippen LogP contribution in [-0.2, 0) is 35.0 Å². The summed E-state index contributed by atoms with van der Waals surface area (Å²) >= 11 is 6.14.